The van der Waals surface area contributed by atoms with Gasteiger partial charge in [0.15, 0.2) is 5.96 Å². The molecule has 26 heavy (non-hydrogen) atoms. The second-order valence-corrected chi connectivity index (χ2v) is 6.31. The van der Waals surface area contributed by atoms with Crippen molar-refractivity contribution < 1.29 is 13.2 Å². The fourth-order valence-corrected chi connectivity index (χ4v) is 3.12. The van der Waals surface area contributed by atoms with E-state index in [9.17, 15) is 13.2 Å². The first-order valence-electron chi connectivity index (χ1n) is 8.78. The molecule has 1 fully saturated rings. The Kier molecular flexibility index (Phi) is 9.70. The minimum Gasteiger partial charge on any atom is -0.355 e. The molecule has 1 unspecified atom stereocenters. The molecule has 4 nitrogen and oxygen atoms in total. The van der Waals surface area contributed by atoms with Crippen molar-refractivity contribution in [3.63, 3.8) is 0 Å². The van der Waals surface area contributed by atoms with Crippen molar-refractivity contribution in [2.75, 3.05) is 26.7 Å². The van der Waals surface area contributed by atoms with Crippen LogP contribution in [-0.2, 0) is 12.7 Å². The molecule has 1 aromatic carbocycles. The Hall–Kier alpha value is -1.03. The Morgan fingerprint density at radius 1 is 1.23 bits per heavy atom. The normalized spacial score (nSPS) is 16.9. The summed E-state index contributed by atoms with van der Waals surface area (Å²) >= 11 is 0. The van der Waals surface area contributed by atoms with E-state index in [1.54, 1.807) is 13.1 Å². The van der Waals surface area contributed by atoms with Gasteiger partial charge in [-0.2, -0.15) is 13.2 Å². The highest BCUT2D eigenvalue weighted by molar-refractivity contribution is 14.0. The molecule has 1 atom stereocenters. The number of benzene rings is 1. The molecule has 2 rings (SSSR count). The second-order valence-electron chi connectivity index (χ2n) is 6.31. The number of hydrogen-bond acceptors (Lipinski definition) is 2. The monoisotopic (exact) mass is 484 g/mol. The number of guanidine groups is 1. The summed E-state index contributed by atoms with van der Waals surface area (Å²) in [6.07, 6.45) is -0.768. The van der Waals surface area contributed by atoms with E-state index in [1.807, 2.05) is 0 Å². The van der Waals surface area contributed by atoms with Crippen molar-refractivity contribution in [2.45, 2.75) is 44.9 Å². The summed E-state index contributed by atoms with van der Waals surface area (Å²) in [4.78, 5) is 6.64. The minimum absolute atomic E-state index is 0. The first-order chi connectivity index (χ1) is 11.9. The molecule has 0 bridgehead atoms. The molecular formula is C18H28F3IN4. The summed E-state index contributed by atoms with van der Waals surface area (Å²) < 4.78 is 38.3. The Labute approximate surface area is 170 Å². The van der Waals surface area contributed by atoms with E-state index in [2.05, 4.69) is 27.4 Å². The molecule has 1 aromatic rings. The first kappa shape index (κ1) is 23.0. The predicted molar refractivity (Wildman–Crippen MR) is 110 cm³/mol. The molecule has 0 saturated carbocycles. The lowest BCUT2D eigenvalue weighted by Gasteiger charge is -2.27. The average Bonchev–Trinajstić information content (AvgIpc) is 3.12. The van der Waals surface area contributed by atoms with Gasteiger partial charge in [-0.15, -0.1) is 24.0 Å². The SMILES string of the molecule is CCC(CNC(=NC)NCc1cccc(C(F)(F)F)c1)N1CCCC1.I. The molecule has 148 valence electrons. The van der Waals surface area contributed by atoms with Crippen molar-refractivity contribution in [1.82, 2.24) is 15.5 Å². The van der Waals surface area contributed by atoms with Gasteiger partial charge in [0.05, 0.1) is 5.56 Å². The summed E-state index contributed by atoms with van der Waals surface area (Å²) in [6.45, 7) is 5.51. The van der Waals surface area contributed by atoms with Crippen LogP contribution in [0.5, 0.6) is 0 Å². The van der Waals surface area contributed by atoms with Gasteiger partial charge < -0.3 is 10.6 Å². The Balaban J connectivity index is 0.00000338. The molecule has 1 heterocycles. The van der Waals surface area contributed by atoms with Crippen molar-refractivity contribution in [1.29, 1.82) is 0 Å². The van der Waals surface area contributed by atoms with Crippen molar-refractivity contribution >= 4 is 29.9 Å². The standard InChI is InChI=1S/C18H27F3N4.HI/c1-3-16(25-9-4-5-10-25)13-24-17(22-2)23-12-14-7-6-8-15(11-14)18(19,20)21;/h6-8,11,16H,3-5,9-10,12-13H2,1-2H3,(H2,22,23,24);1H. The van der Waals surface area contributed by atoms with Gasteiger partial charge in [-0.3, -0.25) is 9.89 Å². The van der Waals surface area contributed by atoms with E-state index < -0.39 is 11.7 Å². The third kappa shape index (κ3) is 6.94. The van der Waals surface area contributed by atoms with E-state index in [4.69, 9.17) is 0 Å². The van der Waals surface area contributed by atoms with Gasteiger partial charge in [0.25, 0.3) is 0 Å². The van der Waals surface area contributed by atoms with E-state index in [0.717, 1.165) is 32.1 Å². The number of nitrogens with one attached hydrogen (secondary N) is 2. The Bertz CT molecular complexity index is 572. The minimum atomic E-state index is -4.32. The number of rotatable bonds is 6. The molecule has 1 aliphatic rings. The van der Waals surface area contributed by atoms with E-state index in [0.29, 0.717) is 24.1 Å². The van der Waals surface area contributed by atoms with Gasteiger partial charge in [0, 0.05) is 26.2 Å². The van der Waals surface area contributed by atoms with E-state index >= 15 is 0 Å². The van der Waals surface area contributed by atoms with Gasteiger partial charge in [0.2, 0.25) is 0 Å². The number of aliphatic imine (C=N–C) groups is 1. The number of nitrogens with zero attached hydrogens (tertiary/aromatic N) is 2. The van der Waals surface area contributed by atoms with Crippen LogP contribution >= 0.6 is 24.0 Å². The molecule has 0 aromatic heterocycles. The van der Waals surface area contributed by atoms with Crippen LogP contribution in [0.15, 0.2) is 29.3 Å². The third-order valence-electron chi connectivity index (χ3n) is 4.57. The molecule has 8 heteroatoms. The molecule has 2 N–H and O–H groups in total. The van der Waals surface area contributed by atoms with Crippen LogP contribution in [0.1, 0.15) is 37.3 Å². The van der Waals surface area contributed by atoms with Crippen LogP contribution in [0.4, 0.5) is 13.2 Å². The van der Waals surface area contributed by atoms with Crippen LogP contribution in [0.25, 0.3) is 0 Å². The summed E-state index contributed by atoms with van der Waals surface area (Å²) in [5, 5.41) is 6.37. The average molecular weight is 484 g/mol. The van der Waals surface area contributed by atoms with Crippen LogP contribution in [0.3, 0.4) is 0 Å². The van der Waals surface area contributed by atoms with Gasteiger partial charge in [0.1, 0.15) is 0 Å². The van der Waals surface area contributed by atoms with Crippen molar-refractivity contribution in [2.24, 2.45) is 4.99 Å². The number of hydrogen-bond donors (Lipinski definition) is 2. The lowest BCUT2D eigenvalue weighted by Crippen LogP contribution is -2.46. The lowest BCUT2D eigenvalue weighted by molar-refractivity contribution is -0.137. The molecule has 1 saturated heterocycles. The molecule has 0 aliphatic carbocycles. The van der Waals surface area contributed by atoms with Gasteiger partial charge in [-0.1, -0.05) is 19.1 Å². The van der Waals surface area contributed by atoms with Gasteiger partial charge in [-0.05, 0) is 50.0 Å². The smallest absolute Gasteiger partial charge is 0.355 e. The number of likely N-dealkylation sites (tertiary alicyclic amines) is 1. The highest BCUT2D eigenvalue weighted by Crippen LogP contribution is 2.29. The zero-order valence-electron chi connectivity index (χ0n) is 15.3. The Morgan fingerprint density at radius 3 is 2.50 bits per heavy atom. The third-order valence-corrected chi connectivity index (χ3v) is 4.57. The maximum Gasteiger partial charge on any atom is 0.416 e. The van der Waals surface area contributed by atoms with Crippen molar-refractivity contribution in [3.05, 3.63) is 35.4 Å². The van der Waals surface area contributed by atoms with Crippen LogP contribution in [0, 0.1) is 0 Å². The molecule has 0 radical (unpaired) electrons. The number of alkyl halides is 3. The maximum absolute atomic E-state index is 12.8. The molecular weight excluding hydrogens is 456 g/mol. The van der Waals surface area contributed by atoms with Gasteiger partial charge >= 0.3 is 6.18 Å². The largest absolute Gasteiger partial charge is 0.416 e. The summed E-state index contributed by atoms with van der Waals surface area (Å²) in [5.74, 6) is 0.607. The molecule has 1 aliphatic heterocycles. The predicted octanol–water partition coefficient (Wildman–Crippen LogP) is 3.86. The Morgan fingerprint density at radius 2 is 1.92 bits per heavy atom. The molecule has 0 spiro atoms. The van der Waals surface area contributed by atoms with Crippen LogP contribution in [0.2, 0.25) is 0 Å². The number of halogens is 4. The molecule has 0 amide bonds. The fourth-order valence-electron chi connectivity index (χ4n) is 3.12. The fraction of sp³-hybridized carbons (Fsp3) is 0.611. The quantitative estimate of drug-likeness (QED) is 0.366. The summed E-state index contributed by atoms with van der Waals surface area (Å²) in [5.41, 5.74) is -0.0563. The van der Waals surface area contributed by atoms with Crippen LogP contribution in [-0.4, -0.2) is 43.6 Å². The van der Waals surface area contributed by atoms with Crippen LogP contribution < -0.4 is 10.6 Å². The highest BCUT2D eigenvalue weighted by Gasteiger charge is 2.30. The highest BCUT2D eigenvalue weighted by atomic mass is 127. The topological polar surface area (TPSA) is 39.7 Å². The zero-order valence-corrected chi connectivity index (χ0v) is 17.6. The van der Waals surface area contributed by atoms with E-state index in [-0.39, 0.29) is 24.0 Å². The maximum atomic E-state index is 12.8. The lowest BCUT2D eigenvalue weighted by atomic mass is 10.1. The first-order valence-corrected chi connectivity index (χ1v) is 8.78. The van der Waals surface area contributed by atoms with Gasteiger partial charge in [-0.25, -0.2) is 0 Å². The second kappa shape index (κ2) is 11.0. The summed E-state index contributed by atoms with van der Waals surface area (Å²) in [7, 11) is 1.66. The van der Waals surface area contributed by atoms with E-state index in [1.165, 1.54) is 25.0 Å². The van der Waals surface area contributed by atoms with Crippen molar-refractivity contribution in [3.8, 4) is 0 Å². The zero-order chi connectivity index (χ0) is 18.3. The summed E-state index contributed by atoms with van der Waals surface area (Å²) in [6, 6.07) is 5.80.